The molecule has 2 heteroatoms. The van der Waals surface area contributed by atoms with Gasteiger partial charge >= 0.3 is 0 Å². The molecule has 0 saturated heterocycles. The van der Waals surface area contributed by atoms with Gasteiger partial charge in [0, 0.05) is 6.04 Å². The third kappa shape index (κ3) is 7.34. The molecular weight excluding hydrogens is 172 g/mol. The maximum absolute atomic E-state index is 3.56. The molecule has 86 valence electrons. The summed E-state index contributed by atoms with van der Waals surface area (Å²) in [5, 5.41) is 3.56. The van der Waals surface area contributed by atoms with E-state index in [0.717, 1.165) is 6.54 Å². The Morgan fingerprint density at radius 3 is 2.29 bits per heavy atom. The van der Waals surface area contributed by atoms with E-state index in [1.807, 2.05) is 0 Å². The lowest BCUT2D eigenvalue weighted by Crippen LogP contribution is -2.31. The summed E-state index contributed by atoms with van der Waals surface area (Å²) in [6.07, 6.45) is 3.85. The van der Waals surface area contributed by atoms with E-state index >= 15 is 0 Å². The van der Waals surface area contributed by atoms with Crippen molar-refractivity contribution in [2.24, 2.45) is 0 Å². The summed E-state index contributed by atoms with van der Waals surface area (Å²) in [7, 11) is 0. The first-order valence-corrected chi connectivity index (χ1v) is 6.20. The van der Waals surface area contributed by atoms with Gasteiger partial charge in [-0.25, -0.2) is 0 Å². The van der Waals surface area contributed by atoms with Gasteiger partial charge in [-0.3, -0.25) is 0 Å². The molecule has 0 saturated carbocycles. The van der Waals surface area contributed by atoms with E-state index in [0.29, 0.717) is 6.04 Å². The predicted octanol–water partition coefficient (Wildman–Crippen LogP) is 2.50. The van der Waals surface area contributed by atoms with E-state index in [-0.39, 0.29) is 0 Å². The van der Waals surface area contributed by atoms with Crippen LogP contribution in [0.25, 0.3) is 0 Å². The van der Waals surface area contributed by atoms with Crippen molar-refractivity contribution in [3.63, 3.8) is 0 Å². The molecule has 1 atom stereocenters. The summed E-state index contributed by atoms with van der Waals surface area (Å²) in [5.74, 6) is 0. The average molecular weight is 200 g/mol. The quantitative estimate of drug-likeness (QED) is 0.575. The number of hydrogen-bond donors (Lipinski definition) is 1. The smallest absolute Gasteiger partial charge is 0.00386 e. The van der Waals surface area contributed by atoms with Crippen molar-refractivity contribution in [3.8, 4) is 0 Å². The highest BCUT2D eigenvalue weighted by atomic mass is 15.1. The number of rotatable bonds is 9. The van der Waals surface area contributed by atoms with E-state index < -0.39 is 0 Å². The van der Waals surface area contributed by atoms with Gasteiger partial charge in [-0.1, -0.05) is 27.2 Å². The van der Waals surface area contributed by atoms with Crippen LogP contribution in [0.15, 0.2) is 0 Å². The summed E-state index contributed by atoms with van der Waals surface area (Å²) < 4.78 is 0. The summed E-state index contributed by atoms with van der Waals surface area (Å²) in [6.45, 7) is 13.8. The molecule has 0 bridgehead atoms. The van der Waals surface area contributed by atoms with Gasteiger partial charge in [0.1, 0.15) is 0 Å². The van der Waals surface area contributed by atoms with Crippen LogP contribution in [0.2, 0.25) is 0 Å². The fraction of sp³-hybridized carbons (Fsp3) is 1.00. The number of nitrogens with one attached hydrogen (secondary N) is 1. The van der Waals surface area contributed by atoms with Crippen molar-refractivity contribution in [1.29, 1.82) is 0 Å². The third-order valence-corrected chi connectivity index (χ3v) is 2.76. The Kier molecular flexibility index (Phi) is 9.42. The zero-order valence-electron chi connectivity index (χ0n) is 10.5. The molecule has 1 N–H and O–H groups in total. The van der Waals surface area contributed by atoms with Crippen LogP contribution in [-0.2, 0) is 0 Å². The van der Waals surface area contributed by atoms with Gasteiger partial charge in [-0.2, -0.15) is 0 Å². The van der Waals surface area contributed by atoms with Crippen molar-refractivity contribution >= 4 is 0 Å². The van der Waals surface area contributed by atoms with Crippen LogP contribution < -0.4 is 5.32 Å². The average Bonchev–Trinajstić information content (AvgIpc) is 2.19. The van der Waals surface area contributed by atoms with Crippen molar-refractivity contribution < 1.29 is 0 Å². The molecule has 0 aliphatic heterocycles. The largest absolute Gasteiger partial charge is 0.314 e. The van der Waals surface area contributed by atoms with Gasteiger partial charge in [0.05, 0.1) is 0 Å². The molecule has 0 spiro atoms. The SMILES string of the molecule is CCCC(C)NCCCN(CC)CC. The first-order valence-electron chi connectivity index (χ1n) is 6.20. The Hall–Kier alpha value is -0.0800. The maximum atomic E-state index is 3.56. The lowest BCUT2D eigenvalue weighted by molar-refractivity contribution is 0.295. The van der Waals surface area contributed by atoms with Gasteiger partial charge in [0.25, 0.3) is 0 Å². The van der Waals surface area contributed by atoms with E-state index in [1.165, 1.54) is 38.9 Å². The molecule has 0 heterocycles. The van der Waals surface area contributed by atoms with E-state index in [4.69, 9.17) is 0 Å². The zero-order valence-corrected chi connectivity index (χ0v) is 10.5. The third-order valence-electron chi connectivity index (χ3n) is 2.76. The van der Waals surface area contributed by atoms with Crippen LogP contribution in [0.4, 0.5) is 0 Å². The van der Waals surface area contributed by atoms with E-state index in [9.17, 15) is 0 Å². The van der Waals surface area contributed by atoms with Gasteiger partial charge in [0.15, 0.2) is 0 Å². The van der Waals surface area contributed by atoms with Crippen LogP contribution in [0.5, 0.6) is 0 Å². The summed E-state index contributed by atoms with van der Waals surface area (Å²) in [4.78, 5) is 2.48. The van der Waals surface area contributed by atoms with Crippen LogP contribution >= 0.6 is 0 Å². The number of hydrogen-bond acceptors (Lipinski definition) is 2. The Balaban J connectivity index is 3.27. The van der Waals surface area contributed by atoms with E-state index in [1.54, 1.807) is 0 Å². The zero-order chi connectivity index (χ0) is 10.8. The lowest BCUT2D eigenvalue weighted by Gasteiger charge is -2.19. The molecule has 0 amide bonds. The van der Waals surface area contributed by atoms with Gasteiger partial charge < -0.3 is 10.2 Å². The molecule has 0 aromatic heterocycles. The van der Waals surface area contributed by atoms with Crippen molar-refractivity contribution in [2.45, 2.75) is 53.0 Å². The highest BCUT2D eigenvalue weighted by Gasteiger charge is 2.00. The molecule has 0 aliphatic carbocycles. The van der Waals surface area contributed by atoms with Crippen molar-refractivity contribution in [1.82, 2.24) is 10.2 Å². The second-order valence-electron chi connectivity index (χ2n) is 4.02. The van der Waals surface area contributed by atoms with Crippen LogP contribution in [-0.4, -0.2) is 37.1 Å². The summed E-state index contributed by atoms with van der Waals surface area (Å²) >= 11 is 0. The molecule has 0 aromatic rings. The highest BCUT2D eigenvalue weighted by Crippen LogP contribution is 1.95. The Morgan fingerprint density at radius 2 is 1.79 bits per heavy atom. The number of nitrogens with zero attached hydrogens (tertiary/aromatic N) is 1. The molecule has 1 unspecified atom stereocenters. The van der Waals surface area contributed by atoms with Crippen molar-refractivity contribution in [2.75, 3.05) is 26.2 Å². The van der Waals surface area contributed by atoms with Gasteiger partial charge in [0.2, 0.25) is 0 Å². The molecular formula is C12H28N2. The minimum Gasteiger partial charge on any atom is -0.314 e. The lowest BCUT2D eigenvalue weighted by atomic mass is 10.2. The highest BCUT2D eigenvalue weighted by molar-refractivity contribution is 4.61. The second-order valence-corrected chi connectivity index (χ2v) is 4.02. The normalized spacial score (nSPS) is 13.5. The Labute approximate surface area is 90.1 Å². The van der Waals surface area contributed by atoms with Crippen LogP contribution in [0.1, 0.15) is 47.0 Å². The fourth-order valence-electron chi connectivity index (χ4n) is 1.73. The molecule has 0 aromatic carbocycles. The summed E-state index contributed by atoms with van der Waals surface area (Å²) in [6, 6.07) is 0.691. The van der Waals surface area contributed by atoms with Gasteiger partial charge in [-0.15, -0.1) is 0 Å². The molecule has 0 radical (unpaired) electrons. The predicted molar refractivity (Wildman–Crippen MR) is 64.8 cm³/mol. The standard InChI is InChI=1S/C12H28N2/c1-5-9-12(4)13-10-8-11-14(6-2)7-3/h12-13H,5-11H2,1-4H3. The topological polar surface area (TPSA) is 15.3 Å². The molecule has 14 heavy (non-hydrogen) atoms. The summed E-state index contributed by atoms with van der Waals surface area (Å²) in [5.41, 5.74) is 0. The van der Waals surface area contributed by atoms with E-state index in [2.05, 4.69) is 37.9 Å². The first kappa shape index (κ1) is 13.9. The molecule has 0 aliphatic rings. The molecule has 0 fully saturated rings. The minimum absolute atomic E-state index is 0.691. The Bertz CT molecular complexity index is 111. The minimum atomic E-state index is 0.691. The van der Waals surface area contributed by atoms with Gasteiger partial charge in [-0.05, 0) is 45.9 Å². The second kappa shape index (κ2) is 9.47. The Morgan fingerprint density at radius 1 is 1.14 bits per heavy atom. The first-order chi connectivity index (χ1) is 6.74. The maximum Gasteiger partial charge on any atom is 0.00386 e. The molecule has 0 rings (SSSR count). The van der Waals surface area contributed by atoms with Crippen molar-refractivity contribution in [3.05, 3.63) is 0 Å². The van der Waals surface area contributed by atoms with Crippen LogP contribution in [0.3, 0.4) is 0 Å². The molecule has 2 nitrogen and oxygen atoms in total. The van der Waals surface area contributed by atoms with Crippen LogP contribution in [0, 0.1) is 0 Å². The fourth-order valence-corrected chi connectivity index (χ4v) is 1.73. The monoisotopic (exact) mass is 200 g/mol.